The molecule has 0 atom stereocenters. The van der Waals surface area contributed by atoms with E-state index in [9.17, 15) is 0 Å². The Morgan fingerprint density at radius 2 is 0.500 bits per heavy atom. The molecule has 0 radical (unpaired) electrons. The first-order chi connectivity index (χ1) is 17.6. The summed E-state index contributed by atoms with van der Waals surface area (Å²) >= 11 is 8.84. The molecule has 10 heteroatoms. The van der Waals surface area contributed by atoms with E-state index in [-0.39, 0.29) is 41.2 Å². The Balaban J connectivity index is 7.92. The van der Waals surface area contributed by atoms with Gasteiger partial charge in [-0.25, -0.2) is 0 Å². The second kappa shape index (κ2) is 13.4. The minimum absolute atomic E-state index is 0.173. The summed E-state index contributed by atoms with van der Waals surface area (Å²) in [6, 6.07) is 0. The molecule has 0 saturated heterocycles. The fraction of sp³-hybridized carbons (Fsp3) is 1.00. The monoisotopic (exact) mass is 930 g/mol. The van der Waals surface area contributed by atoms with Gasteiger partial charge in [0, 0.05) is 0 Å². The van der Waals surface area contributed by atoms with Crippen LogP contribution in [0.4, 0.5) is 0 Å². The molecule has 0 aliphatic carbocycles. The van der Waals surface area contributed by atoms with E-state index in [4.69, 9.17) is 9.72 Å². The topological polar surface area (TPSA) is 24.1 Å². The van der Waals surface area contributed by atoms with Gasteiger partial charge in [0.2, 0.25) is 0 Å². The fourth-order valence-corrected chi connectivity index (χ4v) is 109. The van der Waals surface area contributed by atoms with Gasteiger partial charge in [0.1, 0.15) is 0 Å². The van der Waals surface area contributed by atoms with Gasteiger partial charge in [-0.3, -0.25) is 0 Å². The molecule has 0 aromatic rings. The Kier molecular flexibility index (Phi) is 14.6. The van der Waals surface area contributed by atoms with Gasteiger partial charge in [-0.15, -0.1) is 0 Å². The third-order valence-corrected chi connectivity index (χ3v) is 87.7. The van der Waals surface area contributed by atoms with E-state index in [1.807, 2.05) is 0 Å². The zero-order valence-electron chi connectivity index (χ0n) is 32.4. The molecule has 0 unspecified atom stereocenters. The predicted molar refractivity (Wildman–Crippen MR) is 215 cm³/mol. The summed E-state index contributed by atoms with van der Waals surface area (Å²) in [5.74, 6) is 0. The molecule has 0 rings (SSSR count). The standard InChI is InChI=1S/C32H74N2P4Se4/c1-25(2,3)35(39,26(4,5)6)33-37(29(13,14)15,30(16,17)18)41-42-38(31(19,20)21,32(22,23)24)34-36(40,27(7,8)9)28(10,11)12/h1-24H3,(H,33,39)(H,34,40)/q+2. The molecule has 0 aromatic heterocycles. The van der Waals surface area contributed by atoms with Gasteiger partial charge in [-0.05, 0) is 0 Å². The molecule has 2 nitrogen and oxygen atoms in total. The van der Waals surface area contributed by atoms with Gasteiger partial charge >= 0.3 is 296 Å². The SMILES string of the molecule is CC(C)(C)P(=[Se])(N[P+]([Se][Se][P+](NP(=[Se])(C(C)(C)C)C(C)(C)C)(C(C)(C)C)C(C)(C)C)(C(C)(C)C)C(C)(C)C)C(C)(C)C. The summed E-state index contributed by atoms with van der Waals surface area (Å²) in [5.41, 5.74) is -3.43. The first kappa shape index (κ1) is 45.7. The van der Waals surface area contributed by atoms with Crippen molar-refractivity contribution in [1.82, 2.24) is 9.72 Å². The summed E-state index contributed by atoms with van der Waals surface area (Å²) in [6.07, 6.45) is -3.42. The minimum atomic E-state index is -1.72. The van der Waals surface area contributed by atoms with E-state index >= 15 is 0 Å². The summed E-state index contributed by atoms with van der Waals surface area (Å²) in [5, 5.41) is 1.48. The molecule has 0 amide bonds. The number of nitrogens with one attached hydrogen (secondary N) is 2. The van der Waals surface area contributed by atoms with Crippen LogP contribution in [0.1, 0.15) is 166 Å². The molecule has 0 aliphatic rings. The molecule has 0 aliphatic heterocycles. The number of hydrogen-bond acceptors (Lipinski definition) is 2. The fourth-order valence-electron chi connectivity index (χ4n) is 6.20. The molecule has 0 saturated carbocycles. The van der Waals surface area contributed by atoms with Crippen LogP contribution in [0.25, 0.3) is 0 Å². The van der Waals surface area contributed by atoms with E-state index in [0.29, 0.717) is 25.4 Å². The Morgan fingerprint density at radius 3 is 0.595 bits per heavy atom. The molecular formula is C32H74N2P4Se4+2. The van der Waals surface area contributed by atoms with Crippen LogP contribution in [-0.2, 0) is 0 Å². The van der Waals surface area contributed by atoms with Crippen LogP contribution in [0.3, 0.4) is 0 Å². The summed E-state index contributed by atoms with van der Waals surface area (Å²) in [7, 11) is 0. The average Bonchev–Trinajstić information content (AvgIpc) is 2.61. The summed E-state index contributed by atoms with van der Waals surface area (Å²) < 4.78 is 0. The van der Waals surface area contributed by atoms with Gasteiger partial charge in [0.05, 0.1) is 0 Å². The van der Waals surface area contributed by atoms with Crippen LogP contribution in [0.2, 0.25) is 0 Å². The van der Waals surface area contributed by atoms with E-state index in [2.05, 4.69) is 196 Å². The van der Waals surface area contributed by atoms with E-state index in [1.54, 1.807) is 0 Å². The van der Waals surface area contributed by atoms with Crippen molar-refractivity contribution in [2.45, 2.75) is 207 Å². The van der Waals surface area contributed by atoms with Crippen molar-refractivity contribution < 1.29 is 0 Å². The third kappa shape index (κ3) is 8.89. The van der Waals surface area contributed by atoms with Gasteiger partial charge in [0.15, 0.2) is 0 Å². The molecule has 0 spiro atoms. The second-order valence-corrected chi connectivity index (χ2v) is 63.1. The maximum absolute atomic E-state index is 4.80. The van der Waals surface area contributed by atoms with E-state index < -0.39 is 23.5 Å². The predicted octanol–water partition coefficient (Wildman–Crippen LogP) is 11.6. The quantitative estimate of drug-likeness (QED) is 0.196. The molecule has 0 aromatic carbocycles. The molecule has 0 fully saturated rings. The van der Waals surface area contributed by atoms with Gasteiger partial charge in [0.25, 0.3) is 0 Å². The van der Waals surface area contributed by atoms with Crippen LogP contribution in [0.5, 0.6) is 0 Å². The van der Waals surface area contributed by atoms with Crippen LogP contribution in [0, 0.1) is 0 Å². The first-order valence-electron chi connectivity index (χ1n) is 15.6. The van der Waals surface area contributed by atoms with Crippen molar-refractivity contribution in [3.63, 3.8) is 0 Å². The van der Waals surface area contributed by atoms with Crippen molar-refractivity contribution in [2.75, 3.05) is 0 Å². The normalized spacial score (nSPS) is 16.7. The maximum atomic E-state index is 4.80. The number of hydrogen-bond donors (Lipinski definition) is 2. The summed E-state index contributed by atoms with van der Waals surface area (Å²) in [4.78, 5) is 9.61. The molecular weight excluding hydrogens is 852 g/mol. The summed E-state index contributed by atoms with van der Waals surface area (Å²) in [6.45, 7) is 60.7. The van der Waals surface area contributed by atoms with Crippen LogP contribution >= 0.6 is 23.5 Å². The van der Waals surface area contributed by atoms with Gasteiger partial charge < -0.3 is 0 Å². The Labute approximate surface area is 293 Å². The van der Waals surface area contributed by atoms with Crippen molar-refractivity contribution in [2.24, 2.45) is 0 Å². The second-order valence-electron chi connectivity index (χ2n) is 20.2. The van der Waals surface area contributed by atoms with Crippen LogP contribution in [0.15, 0.2) is 0 Å². The Hall–Kier alpha value is 3.72. The molecule has 0 bridgehead atoms. The number of rotatable bonds is 7. The molecule has 254 valence electrons. The zero-order valence-corrected chi connectivity index (χ0v) is 42.9. The van der Waals surface area contributed by atoms with E-state index in [1.165, 1.54) is 0 Å². The Morgan fingerprint density at radius 1 is 0.357 bits per heavy atom. The van der Waals surface area contributed by atoms with Crippen LogP contribution in [-0.4, -0.2) is 96.8 Å². The Bertz CT molecular complexity index is 882. The third-order valence-electron chi connectivity index (χ3n) is 8.38. The molecule has 2 N–H and O–H groups in total. The zero-order chi connectivity index (χ0) is 34.8. The molecule has 0 heterocycles. The molecule has 42 heavy (non-hydrogen) atoms. The van der Waals surface area contributed by atoms with Crippen molar-refractivity contribution >= 4 is 79.1 Å². The van der Waals surface area contributed by atoms with Crippen molar-refractivity contribution in [3.8, 4) is 0 Å². The average molecular weight is 927 g/mol. The van der Waals surface area contributed by atoms with E-state index in [0.717, 1.165) is 0 Å². The van der Waals surface area contributed by atoms with Gasteiger partial charge in [-0.1, -0.05) is 0 Å². The van der Waals surface area contributed by atoms with Crippen LogP contribution < -0.4 is 9.72 Å². The van der Waals surface area contributed by atoms with Gasteiger partial charge in [-0.2, -0.15) is 0 Å². The van der Waals surface area contributed by atoms with Crippen molar-refractivity contribution in [1.29, 1.82) is 0 Å². The first-order valence-corrected chi connectivity index (χ1v) is 35.9. The van der Waals surface area contributed by atoms with Crippen molar-refractivity contribution in [3.05, 3.63) is 0 Å².